The smallest absolute Gasteiger partial charge is 0.272 e. The Bertz CT molecular complexity index is 1280. The van der Waals surface area contributed by atoms with Gasteiger partial charge in [-0.1, -0.05) is 30.3 Å². The Balaban J connectivity index is 1.50. The van der Waals surface area contributed by atoms with Crippen LogP contribution in [-0.2, 0) is 6.54 Å². The molecule has 6 N–H and O–H groups in total. The zero-order valence-electron chi connectivity index (χ0n) is 19.9. The van der Waals surface area contributed by atoms with E-state index >= 15 is 0 Å². The number of rotatable bonds is 10. The minimum atomic E-state index is -0.371. The van der Waals surface area contributed by atoms with Gasteiger partial charge in [0.15, 0.2) is 5.69 Å². The normalized spacial score (nSPS) is 13.1. The highest BCUT2D eigenvalue weighted by molar-refractivity contribution is 6.15. The summed E-state index contributed by atoms with van der Waals surface area (Å²) in [5.74, 6) is 5.36. The lowest BCUT2D eigenvalue weighted by molar-refractivity contribution is 0.0943. The van der Waals surface area contributed by atoms with Crippen LogP contribution in [-0.4, -0.2) is 60.0 Å². The van der Waals surface area contributed by atoms with Gasteiger partial charge >= 0.3 is 0 Å². The van der Waals surface area contributed by atoms with Crippen LogP contribution >= 0.6 is 0 Å². The van der Waals surface area contributed by atoms with E-state index in [0.717, 1.165) is 16.3 Å². The molecule has 0 radical (unpaired) electrons. The maximum Gasteiger partial charge on any atom is 0.272 e. The lowest BCUT2D eigenvalue weighted by Crippen LogP contribution is -2.39. The highest BCUT2D eigenvalue weighted by Crippen LogP contribution is 2.25. The van der Waals surface area contributed by atoms with Crippen molar-refractivity contribution in [1.82, 2.24) is 31.1 Å². The monoisotopic (exact) mass is 487 g/mol. The quantitative estimate of drug-likeness (QED) is 0.214. The Hall–Kier alpha value is -4.48. The number of aromatic nitrogens is 1. The van der Waals surface area contributed by atoms with Crippen molar-refractivity contribution >= 4 is 34.6 Å². The molecule has 1 aromatic heterocycles. The number of pyridine rings is 1. The van der Waals surface area contributed by atoms with Gasteiger partial charge in [0.1, 0.15) is 6.67 Å². The van der Waals surface area contributed by atoms with Gasteiger partial charge < -0.3 is 26.4 Å². The van der Waals surface area contributed by atoms with Crippen LogP contribution in [0.15, 0.2) is 72.1 Å². The van der Waals surface area contributed by atoms with Crippen molar-refractivity contribution in [3.05, 3.63) is 83.9 Å². The molecule has 0 unspecified atom stereocenters. The third-order valence-corrected chi connectivity index (χ3v) is 5.57. The predicted molar refractivity (Wildman–Crippen MR) is 140 cm³/mol. The van der Waals surface area contributed by atoms with E-state index in [0.29, 0.717) is 37.6 Å². The molecule has 0 atom stereocenters. The first-order valence-electron chi connectivity index (χ1n) is 11.5. The molecular formula is C25H29N9O2. The van der Waals surface area contributed by atoms with Gasteiger partial charge in [-0.15, -0.1) is 0 Å². The van der Waals surface area contributed by atoms with Crippen molar-refractivity contribution in [3.8, 4) is 0 Å². The number of fused-ring (bicyclic) bond motifs is 1. The molecular weight excluding hydrogens is 458 g/mol. The Labute approximate surface area is 209 Å². The third-order valence-electron chi connectivity index (χ3n) is 5.57. The molecule has 11 nitrogen and oxygen atoms in total. The van der Waals surface area contributed by atoms with Gasteiger partial charge in [0.25, 0.3) is 11.8 Å². The molecule has 11 heteroatoms. The Morgan fingerprint density at radius 1 is 1.14 bits per heavy atom. The average Bonchev–Trinajstić information content (AvgIpc) is 3.41. The maximum absolute atomic E-state index is 13.3. The van der Waals surface area contributed by atoms with E-state index < -0.39 is 0 Å². The van der Waals surface area contributed by atoms with Crippen LogP contribution in [0.4, 0.5) is 5.69 Å². The first-order valence-corrected chi connectivity index (χ1v) is 11.5. The Morgan fingerprint density at radius 2 is 1.97 bits per heavy atom. The van der Waals surface area contributed by atoms with Gasteiger partial charge in [-0.25, -0.2) is 10.8 Å². The molecule has 0 spiro atoms. The van der Waals surface area contributed by atoms with Gasteiger partial charge in [0, 0.05) is 44.3 Å². The zero-order valence-corrected chi connectivity index (χ0v) is 19.9. The fourth-order valence-corrected chi connectivity index (χ4v) is 3.82. The summed E-state index contributed by atoms with van der Waals surface area (Å²) >= 11 is 0. The molecule has 186 valence electrons. The van der Waals surface area contributed by atoms with E-state index in [2.05, 4.69) is 31.4 Å². The molecule has 4 rings (SSSR count). The van der Waals surface area contributed by atoms with Crippen molar-refractivity contribution in [2.24, 2.45) is 10.8 Å². The molecule has 0 aliphatic carbocycles. The summed E-state index contributed by atoms with van der Waals surface area (Å²) in [4.78, 5) is 34.3. The zero-order chi connectivity index (χ0) is 25.3. The second-order valence-electron chi connectivity index (χ2n) is 8.05. The number of benzene rings is 2. The lowest BCUT2D eigenvalue weighted by atomic mass is 9.98. The first-order chi connectivity index (χ1) is 17.6. The number of hydrogen-bond acceptors (Lipinski definition) is 9. The fourth-order valence-electron chi connectivity index (χ4n) is 3.82. The first kappa shape index (κ1) is 24.6. The SMILES string of the molecule is CNC=CN(N)Cc1ccc(C(=O)Nc2cccnc2C(=O)NCCN2CN=CN2)c2ccccc12. The molecule has 1 aliphatic heterocycles. The summed E-state index contributed by atoms with van der Waals surface area (Å²) in [7, 11) is 1.80. The molecule has 36 heavy (non-hydrogen) atoms. The van der Waals surface area contributed by atoms with Crippen LogP contribution < -0.4 is 27.2 Å². The molecule has 0 fully saturated rings. The number of nitrogens with zero attached hydrogens (tertiary/aromatic N) is 4. The van der Waals surface area contributed by atoms with Crippen LogP contribution in [0.2, 0.25) is 0 Å². The number of carbonyl (C=O) groups excluding carboxylic acids is 2. The third kappa shape index (κ3) is 5.95. The number of hydrazine groups is 2. The van der Waals surface area contributed by atoms with Gasteiger partial charge in [-0.3, -0.25) is 14.6 Å². The Morgan fingerprint density at radius 3 is 2.75 bits per heavy atom. The number of hydrogen-bond donors (Lipinski definition) is 5. The van der Waals surface area contributed by atoms with E-state index in [1.807, 2.05) is 35.3 Å². The molecule has 2 heterocycles. The van der Waals surface area contributed by atoms with Crippen LogP contribution in [0.5, 0.6) is 0 Å². The van der Waals surface area contributed by atoms with Crippen molar-refractivity contribution < 1.29 is 9.59 Å². The van der Waals surface area contributed by atoms with E-state index in [9.17, 15) is 9.59 Å². The predicted octanol–water partition coefficient (Wildman–Crippen LogP) is 1.39. The molecule has 2 aromatic carbocycles. The van der Waals surface area contributed by atoms with Gasteiger partial charge in [-0.05, 0) is 34.5 Å². The van der Waals surface area contributed by atoms with Crippen molar-refractivity contribution in [2.75, 3.05) is 32.1 Å². The van der Waals surface area contributed by atoms with E-state index in [4.69, 9.17) is 5.84 Å². The van der Waals surface area contributed by atoms with Gasteiger partial charge in [0.05, 0.1) is 18.6 Å². The summed E-state index contributed by atoms with van der Waals surface area (Å²) < 4.78 is 0. The van der Waals surface area contributed by atoms with Crippen molar-refractivity contribution in [2.45, 2.75) is 6.54 Å². The molecule has 0 bridgehead atoms. The standard InChI is InChI=1S/C25H29N9O2/c1-27-11-13-33(26)15-18-8-9-21(20-6-3-2-5-19(18)20)24(35)32-22-7-4-10-29-23(22)25(36)30-12-14-34-17-28-16-31-34/h2-11,13,16,27H,12,14-15,17,26H2,1H3,(H,28,31)(H,30,36)(H,32,35). The summed E-state index contributed by atoms with van der Waals surface area (Å²) in [6.07, 6.45) is 6.60. The molecule has 0 saturated heterocycles. The lowest BCUT2D eigenvalue weighted by Gasteiger charge is -2.17. The molecule has 0 saturated carbocycles. The van der Waals surface area contributed by atoms with Crippen LogP contribution in [0.1, 0.15) is 26.4 Å². The highest BCUT2D eigenvalue weighted by atomic mass is 16.2. The number of carbonyl (C=O) groups is 2. The number of nitrogens with two attached hydrogens (primary N) is 1. The number of anilines is 1. The molecule has 1 aliphatic rings. The van der Waals surface area contributed by atoms with Crippen molar-refractivity contribution in [1.29, 1.82) is 0 Å². The summed E-state index contributed by atoms with van der Waals surface area (Å²) in [6.45, 7) is 1.96. The second kappa shape index (κ2) is 11.8. The largest absolute Gasteiger partial charge is 0.393 e. The summed E-state index contributed by atoms with van der Waals surface area (Å²) in [5, 5.41) is 13.7. The average molecular weight is 488 g/mol. The van der Waals surface area contributed by atoms with Gasteiger partial charge in [-0.2, -0.15) is 5.01 Å². The minimum Gasteiger partial charge on any atom is -0.393 e. The van der Waals surface area contributed by atoms with Crippen LogP contribution in [0.25, 0.3) is 10.8 Å². The maximum atomic E-state index is 13.3. The fraction of sp³-hybridized carbons (Fsp3) is 0.200. The number of nitrogens with one attached hydrogen (secondary N) is 4. The number of amides is 2. The Kier molecular flexibility index (Phi) is 8.06. The van der Waals surface area contributed by atoms with Crippen LogP contribution in [0, 0.1) is 0 Å². The molecule has 3 aromatic rings. The van der Waals surface area contributed by atoms with E-state index in [-0.39, 0.29) is 17.5 Å². The van der Waals surface area contributed by atoms with Gasteiger partial charge in [0.2, 0.25) is 0 Å². The summed E-state index contributed by atoms with van der Waals surface area (Å²) in [6, 6.07) is 14.6. The van der Waals surface area contributed by atoms with Crippen molar-refractivity contribution in [3.63, 3.8) is 0 Å². The second-order valence-corrected chi connectivity index (χ2v) is 8.05. The minimum absolute atomic E-state index is 0.146. The number of aliphatic imine (C=N–C) groups is 1. The topological polar surface area (TPSA) is 140 Å². The molecule has 2 amide bonds. The van der Waals surface area contributed by atoms with Crippen LogP contribution in [0.3, 0.4) is 0 Å². The summed E-state index contributed by atoms with van der Waals surface area (Å²) in [5.41, 5.74) is 4.91. The van der Waals surface area contributed by atoms with E-state index in [1.165, 1.54) is 6.20 Å². The highest BCUT2D eigenvalue weighted by Gasteiger charge is 2.18. The van der Waals surface area contributed by atoms with E-state index in [1.54, 1.807) is 49.0 Å².